The van der Waals surface area contributed by atoms with E-state index in [-0.39, 0.29) is 0 Å². The van der Waals surface area contributed by atoms with Crippen molar-refractivity contribution in [3.05, 3.63) is 58.9 Å². The van der Waals surface area contributed by atoms with Gasteiger partial charge in [-0.25, -0.2) is 0 Å². The summed E-state index contributed by atoms with van der Waals surface area (Å²) in [5, 5.41) is 10.8. The fourth-order valence-electron chi connectivity index (χ4n) is 1.64. The summed E-state index contributed by atoms with van der Waals surface area (Å²) in [6.45, 7) is 0. The number of aliphatic hydroxyl groups excluding tert-OH is 1. The second-order valence-electron chi connectivity index (χ2n) is 3.57. The van der Waals surface area contributed by atoms with Gasteiger partial charge in [-0.1, -0.05) is 11.6 Å². The van der Waals surface area contributed by atoms with E-state index >= 15 is 0 Å². The summed E-state index contributed by atoms with van der Waals surface area (Å²) in [7, 11) is 1.56. The maximum Gasteiger partial charge on any atom is 0.125 e. The smallest absolute Gasteiger partial charge is 0.125 e. The third kappa shape index (κ3) is 2.57. The van der Waals surface area contributed by atoms with E-state index in [0.717, 1.165) is 5.56 Å². The van der Waals surface area contributed by atoms with E-state index in [2.05, 4.69) is 4.98 Å². The Morgan fingerprint density at radius 3 is 2.59 bits per heavy atom. The maximum atomic E-state index is 10.3. The summed E-state index contributed by atoms with van der Waals surface area (Å²) in [4.78, 5) is 3.91. The molecule has 1 aromatic carbocycles. The molecule has 0 fully saturated rings. The molecule has 2 rings (SSSR count). The molecular weight excluding hydrogens is 238 g/mol. The minimum absolute atomic E-state index is 0.564. The minimum atomic E-state index is -0.772. The van der Waals surface area contributed by atoms with Gasteiger partial charge < -0.3 is 9.84 Å². The molecule has 1 unspecified atom stereocenters. The van der Waals surface area contributed by atoms with Crippen molar-refractivity contribution in [1.82, 2.24) is 4.98 Å². The van der Waals surface area contributed by atoms with Crippen LogP contribution in [-0.4, -0.2) is 17.2 Å². The number of nitrogens with zero attached hydrogens (tertiary/aromatic N) is 1. The first-order valence-corrected chi connectivity index (χ1v) is 5.51. The molecule has 1 atom stereocenters. The lowest BCUT2D eigenvalue weighted by atomic mass is 10.0. The number of benzene rings is 1. The van der Waals surface area contributed by atoms with Crippen molar-refractivity contribution in [1.29, 1.82) is 0 Å². The molecule has 0 aliphatic heterocycles. The molecule has 0 spiro atoms. The molecule has 0 aliphatic carbocycles. The van der Waals surface area contributed by atoms with Crippen molar-refractivity contribution < 1.29 is 9.84 Å². The Morgan fingerprint density at radius 2 is 1.94 bits per heavy atom. The van der Waals surface area contributed by atoms with Gasteiger partial charge >= 0.3 is 0 Å². The summed E-state index contributed by atoms with van der Waals surface area (Å²) in [5.74, 6) is 0.610. The average molecular weight is 250 g/mol. The van der Waals surface area contributed by atoms with Gasteiger partial charge in [0.05, 0.1) is 7.11 Å². The van der Waals surface area contributed by atoms with Crippen LogP contribution in [0.1, 0.15) is 17.2 Å². The van der Waals surface area contributed by atoms with E-state index in [4.69, 9.17) is 16.3 Å². The predicted molar refractivity (Wildman–Crippen MR) is 66.3 cm³/mol. The second kappa shape index (κ2) is 5.17. The molecule has 1 heterocycles. The average Bonchev–Trinajstić information content (AvgIpc) is 2.39. The lowest BCUT2D eigenvalue weighted by Crippen LogP contribution is -2.02. The Morgan fingerprint density at radius 1 is 1.24 bits per heavy atom. The van der Waals surface area contributed by atoms with Crippen LogP contribution in [0.2, 0.25) is 5.02 Å². The van der Waals surface area contributed by atoms with Crippen LogP contribution in [0.25, 0.3) is 0 Å². The fourth-order valence-corrected chi connectivity index (χ4v) is 1.82. The SMILES string of the molecule is COc1ccc(Cl)cc1C(O)c1ccncc1. The fraction of sp³-hybridized carbons (Fsp3) is 0.154. The maximum absolute atomic E-state index is 10.3. The Hall–Kier alpha value is -1.58. The molecule has 1 N–H and O–H groups in total. The van der Waals surface area contributed by atoms with Gasteiger partial charge in [-0.3, -0.25) is 4.98 Å². The highest BCUT2D eigenvalue weighted by Gasteiger charge is 2.15. The van der Waals surface area contributed by atoms with Gasteiger partial charge in [0.15, 0.2) is 0 Å². The third-order valence-corrected chi connectivity index (χ3v) is 2.74. The number of halogens is 1. The third-order valence-electron chi connectivity index (χ3n) is 2.51. The van der Waals surface area contributed by atoms with Gasteiger partial charge in [-0.2, -0.15) is 0 Å². The Balaban J connectivity index is 2.43. The quantitative estimate of drug-likeness (QED) is 0.910. The number of pyridine rings is 1. The Bertz CT molecular complexity index is 502. The van der Waals surface area contributed by atoms with Gasteiger partial charge in [-0.15, -0.1) is 0 Å². The van der Waals surface area contributed by atoms with Crippen molar-refractivity contribution in [3.63, 3.8) is 0 Å². The molecule has 4 heteroatoms. The molecule has 0 radical (unpaired) electrons. The van der Waals surface area contributed by atoms with E-state index in [0.29, 0.717) is 16.3 Å². The number of hydrogen-bond donors (Lipinski definition) is 1. The summed E-state index contributed by atoms with van der Waals surface area (Å²) in [6.07, 6.45) is 2.50. The molecule has 1 aromatic heterocycles. The standard InChI is InChI=1S/C13H12ClNO2/c1-17-12-3-2-10(14)8-11(12)13(16)9-4-6-15-7-5-9/h2-8,13,16H,1H3. The van der Waals surface area contributed by atoms with E-state index in [1.54, 1.807) is 49.8 Å². The molecule has 88 valence electrons. The van der Waals surface area contributed by atoms with Crippen LogP contribution in [0.3, 0.4) is 0 Å². The van der Waals surface area contributed by atoms with E-state index < -0.39 is 6.10 Å². The molecule has 0 aliphatic rings. The summed E-state index contributed by atoms with van der Waals surface area (Å²) in [5.41, 5.74) is 1.40. The van der Waals surface area contributed by atoms with Crippen LogP contribution in [0.5, 0.6) is 5.75 Å². The lowest BCUT2D eigenvalue weighted by Gasteiger charge is -2.15. The van der Waals surface area contributed by atoms with Gasteiger partial charge in [0.25, 0.3) is 0 Å². The van der Waals surface area contributed by atoms with Crippen LogP contribution in [0.15, 0.2) is 42.7 Å². The number of aliphatic hydroxyl groups is 1. The van der Waals surface area contributed by atoms with Crippen LogP contribution < -0.4 is 4.74 Å². The number of ether oxygens (including phenoxy) is 1. The first kappa shape index (κ1) is 11.9. The summed E-state index contributed by atoms with van der Waals surface area (Å²) < 4.78 is 5.21. The van der Waals surface area contributed by atoms with Crippen molar-refractivity contribution in [2.45, 2.75) is 6.10 Å². The van der Waals surface area contributed by atoms with Crippen LogP contribution in [0.4, 0.5) is 0 Å². The largest absolute Gasteiger partial charge is 0.496 e. The number of rotatable bonds is 3. The van der Waals surface area contributed by atoms with Crippen LogP contribution in [-0.2, 0) is 0 Å². The van der Waals surface area contributed by atoms with Crippen LogP contribution >= 0.6 is 11.6 Å². The van der Waals surface area contributed by atoms with Gasteiger partial charge in [0.1, 0.15) is 11.9 Å². The number of hydrogen-bond acceptors (Lipinski definition) is 3. The first-order valence-electron chi connectivity index (χ1n) is 5.14. The highest BCUT2D eigenvalue weighted by atomic mass is 35.5. The molecule has 0 bridgehead atoms. The van der Waals surface area contributed by atoms with E-state index in [9.17, 15) is 5.11 Å². The van der Waals surface area contributed by atoms with E-state index in [1.807, 2.05) is 0 Å². The molecular formula is C13H12ClNO2. The van der Waals surface area contributed by atoms with Crippen molar-refractivity contribution in [2.75, 3.05) is 7.11 Å². The normalized spacial score (nSPS) is 12.2. The van der Waals surface area contributed by atoms with Crippen molar-refractivity contribution >= 4 is 11.6 Å². The highest BCUT2D eigenvalue weighted by molar-refractivity contribution is 6.30. The van der Waals surface area contributed by atoms with Crippen LogP contribution in [0, 0.1) is 0 Å². The van der Waals surface area contributed by atoms with E-state index in [1.165, 1.54) is 0 Å². The molecule has 0 saturated heterocycles. The zero-order chi connectivity index (χ0) is 12.3. The van der Waals surface area contributed by atoms with Gasteiger partial charge in [0, 0.05) is 23.0 Å². The monoisotopic (exact) mass is 249 g/mol. The second-order valence-corrected chi connectivity index (χ2v) is 4.01. The molecule has 0 amide bonds. The van der Waals surface area contributed by atoms with Gasteiger partial charge in [-0.05, 0) is 35.9 Å². The lowest BCUT2D eigenvalue weighted by molar-refractivity contribution is 0.214. The Labute approximate surface area is 105 Å². The topological polar surface area (TPSA) is 42.4 Å². The molecule has 3 nitrogen and oxygen atoms in total. The van der Waals surface area contributed by atoms with Crippen molar-refractivity contribution in [2.24, 2.45) is 0 Å². The van der Waals surface area contributed by atoms with Crippen molar-refractivity contribution in [3.8, 4) is 5.75 Å². The van der Waals surface area contributed by atoms with Gasteiger partial charge in [0.2, 0.25) is 0 Å². The highest BCUT2D eigenvalue weighted by Crippen LogP contribution is 2.31. The molecule has 2 aromatic rings. The zero-order valence-corrected chi connectivity index (χ0v) is 10.1. The number of aromatic nitrogens is 1. The predicted octanol–water partition coefficient (Wildman–Crippen LogP) is 2.83. The number of methoxy groups -OCH3 is 1. The summed E-state index contributed by atoms with van der Waals surface area (Å²) >= 11 is 5.93. The minimum Gasteiger partial charge on any atom is -0.496 e. The summed E-state index contributed by atoms with van der Waals surface area (Å²) in [6, 6.07) is 8.67. The molecule has 0 saturated carbocycles. The zero-order valence-electron chi connectivity index (χ0n) is 9.30. The first-order chi connectivity index (χ1) is 8.22. The molecule has 17 heavy (non-hydrogen) atoms. The Kier molecular flexibility index (Phi) is 3.61.